The van der Waals surface area contributed by atoms with Gasteiger partial charge in [-0.2, -0.15) is 0 Å². The van der Waals surface area contributed by atoms with E-state index < -0.39 is 10.0 Å². The van der Waals surface area contributed by atoms with Crippen LogP contribution in [0.2, 0.25) is 0 Å². The number of nitrogens with zero attached hydrogens (tertiary/aromatic N) is 3. The van der Waals surface area contributed by atoms with Crippen LogP contribution in [-0.4, -0.2) is 48.0 Å². The van der Waals surface area contributed by atoms with Crippen molar-refractivity contribution < 1.29 is 13.2 Å². The number of nitrogens with one attached hydrogen (secondary N) is 1. The van der Waals surface area contributed by atoms with Gasteiger partial charge in [0.2, 0.25) is 15.9 Å². The average Bonchev–Trinajstić information content (AvgIpc) is 3.18. The van der Waals surface area contributed by atoms with E-state index in [0.717, 1.165) is 21.1 Å². The molecule has 0 spiro atoms. The van der Waals surface area contributed by atoms with Gasteiger partial charge in [-0.25, -0.2) is 17.7 Å². The molecule has 164 valence electrons. The molecule has 0 aliphatic heterocycles. The Balaban J connectivity index is 1.73. The molecular formula is C22H26N4O3S2. The molecule has 9 heteroatoms. The van der Waals surface area contributed by atoms with Gasteiger partial charge < -0.3 is 5.32 Å². The minimum Gasteiger partial charge on any atom is -0.325 e. The minimum atomic E-state index is -3.59. The first-order valence-electron chi connectivity index (χ1n) is 9.66. The summed E-state index contributed by atoms with van der Waals surface area (Å²) in [5.74, 6) is -0.0940. The van der Waals surface area contributed by atoms with Gasteiger partial charge in [-0.1, -0.05) is 30.0 Å². The maximum atomic E-state index is 12.5. The molecule has 2 aromatic carbocycles. The van der Waals surface area contributed by atoms with Crippen molar-refractivity contribution in [3.63, 3.8) is 0 Å². The van der Waals surface area contributed by atoms with E-state index in [4.69, 9.17) is 0 Å². The summed E-state index contributed by atoms with van der Waals surface area (Å²) < 4.78 is 28.1. The van der Waals surface area contributed by atoms with Gasteiger partial charge in [-0.05, 0) is 55.7 Å². The summed E-state index contributed by atoms with van der Waals surface area (Å²) in [6, 6.07) is 11.1. The Morgan fingerprint density at radius 2 is 1.81 bits per heavy atom. The Hall–Kier alpha value is -2.62. The SMILES string of the molecule is Cc1ccc(C)c(-n2ccnc2SCC(=O)Nc2ccc(C)c(S(=O)(=O)N(C)C)c2)c1. The minimum absolute atomic E-state index is 0.144. The number of hydrogen-bond donors (Lipinski definition) is 1. The van der Waals surface area contributed by atoms with Crippen LogP contribution < -0.4 is 5.32 Å². The fourth-order valence-corrected chi connectivity index (χ4v) is 4.95. The number of hydrogen-bond acceptors (Lipinski definition) is 5. The molecule has 0 radical (unpaired) electrons. The molecule has 0 saturated carbocycles. The van der Waals surface area contributed by atoms with Gasteiger partial charge in [0.25, 0.3) is 0 Å². The first-order valence-corrected chi connectivity index (χ1v) is 12.1. The van der Waals surface area contributed by atoms with Crippen LogP contribution in [0.5, 0.6) is 0 Å². The standard InChI is InChI=1S/C22H26N4O3S2/c1-15-6-7-16(2)19(12-15)26-11-10-23-22(26)30-14-21(27)24-18-9-8-17(3)20(13-18)31(28,29)25(4)5/h6-13H,14H2,1-5H3,(H,24,27). The van der Waals surface area contributed by atoms with Gasteiger partial charge in [0.05, 0.1) is 16.3 Å². The van der Waals surface area contributed by atoms with Crippen molar-refractivity contribution in [1.29, 1.82) is 0 Å². The van der Waals surface area contributed by atoms with Crippen molar-refractivity contribution >= 4 is 33.4 Å². The Labute approximate surface area is 187 Å². The summed E-state index contributed by atoms with van der Waals surface area (Å²) in [6.07, 6.45) is 3.58. The highest BCUT2D eigenvalue weighted by molar-refractivity contribution is 7.99. The van der Waals surface area contributed by atoms with Crippen molar-refractivity contribution in [2.75, 3.05) is 25.2 Å². The monoisotopic (exact) mass is 458 g/mol. The zero-order valence-electron chi connectivity index (χ0n) is 18.2. The second-order valence-corrected chi connectivity index (χ2v) is 10.5. The van der Waals surface area contributed by atoms with E-state index in [1.54, 1.807) is 25.3 Å². The molecule has 0 saturated heterocycles. The molecule has 0 atom stereocenters. The molecule has 3 rings (SSSR count). The molecule has 0 unspecified atom stereocenters. The molecule has 0 bridgehead atoms. The summed E-state index contributed by atoms with van der Waals surface area (Å²) in [5, 5.41) is 3.49. The van der Waals surface area contributed by atoms with Crippen LogP contribution in [0.4, 0.5) is 5.69 Å². The zero-order valence-corrected chi connectivity index (χ0v) is 19.8. The van der Waals surface area contributed by atoms with E-state index in [1.807, 2.05) is 24.6 Å². The smallest absolute Gasteiger partial charge is 0.242 e. The number of carbonyl (C=O) groups excluding carboxylic acids is 1. The highest BCUT2D eigenvalue weighted by Crippen LogP contribution is 2.25. The first-order chi connectivity index (χ1) is 14.6. The predicted octanol–water partition coefficient (Wildman–Crippen LogP) is 3.78. The number of rotatable bonds is 7. The van der Waals surface area contributed by atoms with E-state index in [0.29, 0.717) is 16.4 Å². The van der Waals surface area contributed by atoms with Crippen molar-refractivity contribution in [3.8, 4) is 5.69 Å². The van der Waals surface area contributed by atoms with Crippen LogP contribution >= 0.6 is 11.8 Å². The molecular weight excluding hydrogens is 432 g/mol. The number of sulfonamides is 1. The Morgan fingerprint density at radius 3 is 2.52 bits per heavy atom. The van der Waals surface area contributed by atoms with Gasteiger partial charge in [-0.15, -0.1) is 0 Å². The van der Waals surface area contributed by atoms with Gasteiger partial charge in [0.1, 0.15) is 0 Å². The summed E-state index contributed by atoms with van der Waals surface area (Å²) >= 11 is 1.32. The Bertz CT molecular complexity index is 1220. The second-order valence-electron chi connectivity index (χ2n) is 7.47. The van der Waals surface area contributed by atoms with Crippen molar-refractivity contribution in [3.05, 3.63) is 65.5 Å². The summed E-state index contributed by atoms with van der Waals surface area (Å²) in [4.78, 5) is 17.1. The third kappa shape index (κ3) is 5.17. The third-order valence-corrected chi connectivity index (χ3v) is 7.72. The number of aromatic nitrogens is 2. The molecule has 0 aliphatic rings. The maximum Gasteiger partial charge on any atom is 0.242 e. The highest BCUT2D eigenvalue weighted by Gasteiger charge is 2.20. The van der Waals surface area contributed by atoms with Gasteiger partial charge in [-0.3, -0.25) is 9.36 Å². The third-order valence-electron chi connectivity index (χ3n) is 4.79. The fourth-order valence-electron chi connectivity index (χ4n) is 3.04. The van der Waals surface area contributed by atoms with E-state index in [2.05, 4.69) is 28.5 Å². The summed E-state index contributed by atoms with van der Waals surface area (Å²) in [6.45, 7) is 5.80. The molecule has 31 heavy (non-hydrogen) atoms. The summed E-state index contributed by atoms with van der Waals surface area (Å²) in [5.41, 5.74) is 4.35. The van der Waals surface area contributed by atoms with Crippen LogP contribution in [0.1, 0.15) is 16.7 Å². The predicted molar refractivity (Wildman–Crippen MR) is 124 cm³/mol. The van der Waals surface area contributed by atoms with E-state index in [9.17, 15) is 13.2 Å². The van der Waals surface area contributed by atoms with Gasteiger partial charge >= 0.3 is 0 Å². The summed E-state index contributed by atoms with van der Waals surface area (Å²) in [7, 11) is -0.632. The molecule has 1 heterocycles. The Kier molecular flexibility index (Phi) is 6.88. The van der Waals surface area contributed by atoms with E-state index in [1.165, 1.54) is 31.9 Å². The van der Waals surface area contributed by atoms with Crippen LogP contribution in [-0.2, 0) is 14.8 Å². The molecule has 0 aliphatic carbocycles. The normalized spacial score (nSPS) is 11.7. The van der Waals surface area contributed by atoms with Crippen molar-refractivity contribution in [2.24, 2.45) is 0 Å². The number of carbonyl (C=O) groups is 1. The lowest BCUT2D eigenvalue weighted by Gasteiger charge is -2.15. The van der Waals surface area contributed by atoms with Crippen LogP contribution in [0.3, 0.4) is 0 Å². The first kappa shape index (κ1) is 23.1. The molecule has 3 aromatic rings. The molecule has 0 fully saturated rings. The number of benzene rings is 2. The van der Waals surface area contributed by atoms with E-state index >= 15 is 0 Å². The van der Waals surface area contributed by atoms with Crippen molar-refractivity contribution in [1.82, 2.24) is 13.9 Å². The number of aryl methyl sites for hydroxylation is 3. The Morgan fingerprint density at radius 1 is 1.10 bits per heavy atom. The lowest BCUT2D eigenvalue weighted by molar-refractivity contribution is -0.113. The molecule has 1 N–H and O–H groups in total. The number of thioether (sulfide) groups is 1. The highest BCUT2D eigenvalue weighted by atomic mass is 32.2. The van der Waals surface area contributed by atoms with Gasteiger partial charge in [0, 0.05) is 32.2 Å². The van der Waals surface area contributed by atoms with Crippen molar-refractivity contribution in [2.45, 2.75) is 30.8 Å². The van der Waals surface area contributed by atoms with Crippen LogP contribution in [0.25, 0.3) is 5.69 Å². The topological polar surface area (TPSA) is 84.3 Å². The van der Waals surface area contributed by atoms with Crippen LogP contribution in [0, 0.1) is 20.8 Å². The zero-order chi connectivity index (χ0) is 22.8. The van der Waals surface area contributed by atoms with E-state index in [-0.39, 0.29) is 16.6 Å². The molecule has 1 amide bonds. The molecule has 7 nitrogen and oxygen atoms in total. The quantitative estimate of drug-likeness (QED) is 0.545. The maximum absolute atomic E-state index is 12.5. The average molecular weight is 459 g/mol. The number of anilines is 1. The largest absolute Gasteiger partial charge is 0.325 e. The fraction of sp³-hybridized carbons (Fsp3) is 0.273. The molecule has 1 aromatic heterocycles. The lowest BCUT2D eigenvalue weighted by atomic mass is 10.1. The van der Waals surface area contributed by atoms with Gasteiger partial charge in [0.15, 0.2) is 5.16 Å². The second kappa shape index (κ2) is 9.25. The van der Waals surface area contributed by atoms with Crippen LogP contribution in [0.15, 0.2) is 58.8 Å². The lowest BCUT2D eigenvalue weighted by Crippen LogP contribution is -2.23. The number of amides is 1. The number of imidazole rings is 1.